The number of aliphatic hydroxyl groups excluding tert-OH is 1. The van der Waals surface area contributed by atoms with Gasteiger partial charge in [0.25, 0.3) is 0 Å². The number of aliphatic hydroxyl groups is 1. The minimum Gasteiger partial charge on any atom is -0.478 e. The molecule has 116 valence electrons. The Balaban J connectivity index is 2.01. The van der Waals surface area contributed by atoms with E-state index in [1.165, 1.54) is 0 Å². The van der Waals surface area contributed by atoms with Gasteiger partial charge in [-0.1, -0.05) is 49.4 Å². The Bertz CT molecular complexity index is 610. The number of rotatable bonds is 6. The average Bonchev–Trinajstić information content (AvgIpc) is 2.54. The monoisotopic (exact) mass is 299 g/mol. The van der Waals surface area contributed by atoms with Crippen molar-refractivity contribution in [2.45, 2.75) is 25.5 Å². The van der Waals surface area contributed by atoms with Crippen molar-refractivity contribution in [1.82, 2.24) is 0 Å². The maximum absolute atomic E-state index is 10.8. The number of carboxylic acids is 1. The van der Waals surface area contributed by atoms with Gasteiger partial charge in [0.15, 0.2) is 0 Å². The van der Waals surface area contributed by atoms with E-state index in [-0.39, 0.29) is 17.5 Å². The van der Waals surface area contributed by atoms with E-state index in [0.29, 0.717) is 6.42 Å². The van der Waals surface area contributed by atoms with E-state index < -0.39 is 12.1 Å². The highest BCUT2D eigenvalue weighted by atomic mass is 16.4. The highest BCUT2D eigenvalue weighted by molar-refractivity contribution is 5.87. The summed E-state index contributed by atoms with van der Waals surface area (Å²) in [5.41, 5.74) is 8.26. The van der Waals surface area contributed by atoms with Gasteiger partial charge in [-0.3, -0.25) is 0 Å². The van der Waals surface area contributed by atoms with Crippen LogP contribution < -0.4 is 5.73 Å². The lowest BCUT2D eigenvalue weighted by Gasteiger charge is -2.25. The molecule has 2 rings (SSSR count). The number of aromatic carboxylic acids is 1. The molecular weight excluding hydrogens is 278 g/mol. The van der Waals surface area contributed by atoms with Crippen LogP contribution in [0, 0.1) is 5.92 Å². The molecule has 0 radical (unpaired) electrons. The Labute approximate surface area is 130 Å². The third-order valence-electron chi connectivity index (χ3n) is 3.92. The smallest absolute Gasteiger partial charge is 0.335 e. The number of carboxylic acid groups (broad SMARTS) is 1. The second-order valence-electron chi connectivity index (χ2n) is 5.62. The second kappa shape index (κ2) is 7.20. The summed E-state index contributed by atoms with van der Waals surface area (Å²) in [5, 5.41) is 19.2. The van der Waals surface area contributed by atoms with Crippen molar-refractivity contribution >= 4 is 5.97 Å². The van der Waals surface area contributed by atoms with Crippen LogP contribution in [0.4, 0.5) is 0 Å². The van der Waals surface area contributed by atoms with Gasteiger partial charge in [0.1, 0.15) is 0 Å². The van der Waals surface area contributed by atoms with E-state index in [1.807, 2.05) is 37.3 Å². The number of hydrogen-bond acceptors (Lipinski definition) is 3. The van der Waals surface area contributed by atoms with Gasteiger partial charge in [-0.15, -0.1) is 0 Å². The fourth-order valence-electron chi connectivity index (χ4n) is 2.47. The first-order chi connectivity index (χ1) is 10.5. The molecule has 0 bridgehead atoms. The average molecular weight is 299 g/mol. The van der Waals surface area contributed by atoms with E-state index in [1.54, 1.807) is 24.3 Å². The Morgan fingerprint density at radius 3 is 2.23 bits per heavy atom. The lowest BCUT2D eigenvalue weighted by atomic mass is 9.88. The predicted octanol–water partition coefficient (Wildman–Crippen LogP) is 2.62. The summed E-state index contributed by atoms with van der Waals surface area (Å²) < 4.78 is 0. The highest BCUT2D eigenvalue weighted by Crippen LogP contribution is 2.22. The molecule has 4 N–H and O–H groups in total. The minimum atomic E-state index is -0.934. The molecule has 0 aliphatic heterocycles. The summed E-state index contributed by atoms with van der Waals surface area (Å²) in [7, 11) is 0. The van der Waals surface area contributed by atoms with Crippen LogP contribution in [-0.2, 0) is 6.42 Å². The molecule has 0 spiro atoms. The maximum atomic E-state index is 10.8. The molecule has 0 aromatic heterocycles. The molecule has 0 saturated heterocycles. The molecule has 0 aliphatic carbocycles. The summed E-state index contributed by atoms with van der Waals surface area (Å²) in [6.45, 7) is 1.99. The van der Waals surface area contributed by atoms with Gasteiger partial charge in [0.2, 0.25) is 0 Å². The fourth-order valence-corrected chi connectivity index (χ4v) is 2.47. The van der Waals surface area contributed by atoms with Crippen LogP contribution in [0.1, 0.15) is 34.5 Å². The van der Waals surface area contributed by atoms with Crippen molar-refractivity contribution in [2.75, 3.05) is 0 Å². The first kappa shape index (κ1) is 16.2. The zero-order chi connectivity index (χ0) is 16.1. The molecule has 0 heterocycles. The minimum absolute atomic E-state index is 0.0610. The van der Waals surface area contributed by atoms with E-state index in [2.05, 4.69) is 0 Å². The molecule has 0 saturated carbocycles. The third kappa shape index (κ3) is 3.93. The van der Waals surface area contributed by atoms with Crippen molar-refractivity contribution in [3.8, 4) is 0 Å². The molecule has 2 aromatic carbocycles. The number of nitrogens with two attached hydrogens (primary N) is 1. The van der Waals surface area contributed by atoms with Gasteiger partial charge in [-0.2, -0.15) is 0 Å². The van der Waals surface area contributed by atoms with Crippen molar-refractivity contribution in [2.24, 2.45) is 11.7 Å². The van der Waals surface area contributed by atoms with Gasteiger partial charge in [0.05, 0.1) is 11.7 Å². The summed E-state index contributed by atoms with van der Waals surface area (Å²) in [4.78, 5) is 10.8. The van der Waals surface area contributed by atoms with Crippen LogP contribution in [0.3, 0.4) is 0 Å². The van der Waals surface area contributed by atoms with E-state index in [4.69, 9.17) is 10.8 Å². The lowest BCUT2D eigenvalue weighted by Crippen LogP contribution is -2.36. The summed E-state index contributed by atoms with van der Waals surface area (Å²) >= 11 is 0. The van der Waals surface area contributed by atoms with Crippen LogP contribution in [0.2, 0.25) is 0 Å². The molecule has 0 aliphatic rings. The van der Waals surface area contributed by atoms with E-state index in [0.717, 1.165) is 11.1 Å². The van der Waals surface area contributed by atoms with Crippen molar-refractivity contribution in [3.05, 3.63) is 71.3 Å². The third-order valence-corrected chi connectivity index (χ3v) is 3.92. The van der Waals surface area contributed by atoms with Crippen LogP contribution >= 0.6 is 0 Å². The first-order valence-corrected chi connectivity index (χ1v) is 7.30. The lowest BCUT2D eigenvalue weighted by molar-refractivity contribution is 0.0697. The summed E-state index contributed by atoms with van der Waals surface area (Å²) in [6.07, 6.45) is -0.0280. The largest absolute Gasteiger partial charge is 0.478 e. The summed E-state index contributed by atoms with van der Waals surface area (Å²) in [5.74, 6) is -0.873. The van der Waals surface area contributed by atoms with Crippen molar-refractivity contribution < 1.29 is 15.0 Å². The van der Waals surface area contributed by atoms with Crippen molar-refractivity contribution in [1.29, 1.82) is 0 Å². The first-order valence-electron chi connectivity index (χ1n) is 7.30. The summed E-state index contributed by atoms with van der Waals surface area (Å²) in [6, 6.07) is 15.7. The number of carbonyl (C=O) groups is 1. The molecule has 2 aromatic rings. The van der Waals surface area contributed by atoms with Gasteiger partial charge in [-0.25, -0.2) is 4.79 Å². The van der Waals surface area contributed by atoms with Crippen molar-refractivity contribution in [3.63, 3.8) is 0 Å². The van der Waals surface area contributed by atoms with Gasteiger partial charge >= 0.3 is 5.97 Å². The molecule has 1 unspecified atom stereocenters. The Morgan fingerprint density at radius 2 is 1.68 bits per heavy atom. The zero-order valence-electron chi connectivity index (χ0n) is 12.5. The fraction of sp³-hybridized carbons (Fsp3) is 0.278. The van der Waals surface area contributed by atoms with Gasteiger partial charge in [0, 0.05) is 6.04 Å². The van der Waals surface area contributed by atoms with Gasteiger partial charge in [-0.05, 0) is 35.6 Å². The van der Waals surface area contributed by atoms with E-state index in [9.17, 15) is 9.90 Å². The zero-order valence-corrected chi connectivity index (χ0v) is 12.5. The van der Waals surface area contributed by atoms with Crippen LogP contribution in [0.5, 0.6) is 0 Å². The molecule has 0 fully saturated rings. The number of hydrogen-bond donors (Lipinski definition) is 3. The Kier molecular flexibility index (Phi) is 5.31. The van der Waals surface area contributed by atoms with Crippen LogP contribution in [0.25, 0.3) is 0 Å². The highest BCUT2D eigenvalue weighted by Gasteiger charge is 2.22. The Hall–Kier alpha value is -2.17. The Morgan fingerprint density at radius 1 is 1.09 bits per heavy atom. The topological polar surface area (TPSA) is 83.5 Å². The molecule has 4 heteroatoms. The normalized spacial score (nSPS) is 15.0. The second-order valence-corrected chi connectivity index (χ2v) is 5.62. The SMILES string of the molecule is CC(Cc1ccc(C(=O)O)cc1)[C@@H](N)[C@H](O)c1ccccc1. The molecular formula is C18H21NO3. The molecule has 3 atom stereocenters. The predicted molar refractivity (Wildman–Crippen MR) is 85.6 cm³/mol. The standard InChI is InChI=1S/C18H21NO3/c1-12(11-13-7-9-15(10-8-13)18(21)22)16(19)17(20)14-5-3-2-4-6-14/h2-10,12,16-17,20H,11,19H2,1H3,(H,21,22)/t12?,16-,17-/m1/s1. The molecule has 22 heavy (non-hydrogen) atoms. The van der Waals surface area contributed by atoms with Crippen LogP contribution in [-0.4, -0.2) is 22.2 Å². The van der Waals surface area contributed by atoms with E-state index >= 15 is 0 Å². The molecule has 4 nitrogen and oxygen atoms in total. The maximum Gasteiger partial charge on any atom is 0.335 e. The van der Waals surface area contributed by atoms with Gasteiger partial charge < -0.3 is 15.9 Å². The van der Waals surface area contributed by atoms with Crippen LogP contribution in [0.15, 0.2) is 54.6 Å². The number of benzene rings is 2. The molecule has 0 amide bonds. The quantitative estimate of drug-likeness (QED) is 0.765.